The third-order valence-corrected chi connectivity index (χ3v) is 0.408. The average Bonchev–Trinajstić information content (AvgIpc) is 1.35. The molecule has 0 aromatic rings. The van der Waals surface area contributed by atoms with Crippen molar-refractivity contribution in [1.82, 2.24) is 0 Å². The third kappa shape index (κ3) is 3.98. The highest BCUT2D eigenvalue weighted by Gasteiger charge is 1.87. The molecule has 0 saturated carbocycles. The molecular formula is C3H9BO2. The molecule has 6 heavy (non-hydrogen) atoms. The van der Waals surface area contributed by atoms with Crippen molar-refractivity contribution in [2.45, 2.75) is 13.0 Å². The number of hydrogen-bond donors (Lipinski definition) is 1. The second-order valence-corrected chi connectivity index (χ2v) is 1.30. The van der Waals surface area contributed by atoms with Crippen molar-refractivity contribution in [2.75, 3.05) is 6.61 Å². The molecule has 0 saturated heterocycles. The van der Waals surface area contributed by atoms with Crippen LogP contribution in [0.15, 0.2) is 0 Å². The summed E-state index contributed by atoms with van der Waals surface area (Å²) in [6, 6.07) is 0. The Bertz CT molecular complexity index is 30.0. The van der Waals surface area contributed by atoms with Crippen molar-refractivity contribution in [3.8, 4) is 0 Å². The Morgan fingerprint density at radius 1 is 2.00 bits per heavy atom. The lowest BCUT2D eigenvalue weighted by Gasteiger charge is -1.97. The molecule has 0 heterocycles. The van der Waals surface area contributed by atoms with E-state index in [1.807, 2.05) is 0 Å². The van der Waals surface area contributed by atoms with Crippen molar-refractivity contribution in [3.05, 3.63) is 0 Å². The maximum Gasteiger partial charge on any atom is 0.257 e. The molecule has 0 radical (unpaired) electrons. The van der Waals surface area contributed by atoms with E-state index in [9.17, 15) is 0 Å². The van der Waals surface area contributed by atoms with Gasteiger partial charge in [0.05, 0.1) is 12.7 Å². The second kappa shape index (κ2) is 3.19. The van der Waals surface area contributed by atoms with Crippen molar-refractivity contribution < 1.29 is 9.76 Å². The molecule has 0 aliphatic rings. The van der Waals surface area contributed by atoms with Crippen molar-refractivity contribution in [3.63, 3.8) is 0 Å². The molecule has 0 aromatic heterocycles. The predicted octanol–water partition coefficient (Wildman–Crippen LogP) is -1.07. The van der Waals surface area contributed by atoms with Gasteiger partial charge in [0.2, 0.25) is 0 Å². The molecule has 0 aliphatic heterocycles. The summed E-state index contributed by atoms with van der Waals surface area (Å²) in [6.45, 7) is 2.11. The van der Waals surface area contributed by atoms with Gasteiger partial charge in [0, 0.05) is 0 Å². The van der Waals surface area contributed by atoms with E-state index in [0.717, 1.165) is 0 Å². The summed E-state index contributed by atoms with van der Waals surface area (Å²) in [4.78, 5) is 0. The van der Waals surface area contributed by atoms with Crippen molar-refractivity contribution in [1.29, 1.82) is 0 Å². The molecule has 0 amide bonds. The Morgan fingerprint density at radius 3 is 2.50 bits per heavy atom. The standard InChI is InChI=1S/C3H9BO2/c1-3(5)2-6-4/h3,5H,2,4H2,1H3. The Morgan fingerprint density at radius 2 is 2.50 bits per heavy atom. The second-order valence-electron chi connectivity index (χ2n) is 1.30. The predicted molar refractivity (Wildman–Crippen MR) is 26.2 cm³/mol. The first-order valence-corrected chi connectivity index (χ1v) is 1.94. The number of rotatable bonds is 2. The highest BCUT2D eigenvalue weighted by Crippen LogP contribution is 1.75. The van der Waals surface area contributed by atoms with Crippen LogP contribution in [0.4, 0.5) is 0 Å². The van der Waals surface area contributed by atoms with E-state index in [4.69, 9.17) is 5.11 Å². The molecule has 0 aliphatic carbocycles. The van der Waals surface area contributed by atoms with Gasteiger partial charge >= 0.3 is 0 Å². The van der Waals surface area contributed by atoms with Gasteiger partial charge in [0.15, 0.2) is 0 Å². The van der Waals surface area contributed by atoms with E-state index in [1.54, 1.807) is 15.0 Å². The molecule has 0 spiro atoms. The van der Waals surface area contributed by atoms with Gasteiger partial charge in [-0.25, -0.2) is 0 Å². The summed E-state index contributed by atoms with van der Waals surface area (Å²) in [5.74, 6) is 0. The van der Waals surface area contributed by atoms with E-state index in [1.165, 1.54) is 0 Å². The number of aliphatic hydroxyl groups is 1. The lowest BCUT2D eigenvalue weighted by atomic mass is 10.4. The fraction of sp³-hybridized carbons (Fsp3) is 1.00. The normalized spacial score (nSPS) is 14.3. The Balaban J connectivity index is 2.63. The largest absolute Gasteiger partial charge is 0.441 e. The lowest BCUT2D eigenvalue weighted by Crippen LogP contribution is -2.07. The first-order valence-electron chi connectivity index (χ1n) is 1.94. The first-order chi connectivity index (χ1) is 2.77. The highest BCUT2D eigenvalue weighted by molar-refractivity contribution is 5.97. The van der Waals surface area contributed by atoms with Crippen LogP contribution in [0.1, 0.15) is 6.92 Å². The Hall–Kier alpha value is -0.0151. The summed E-state index contributed by atoms with van der Waals surface area (Å²) in [5, 5.41) is 8.43. The summed E-state index contributed by atoms with van der Waals surface area (Å²) >= 11 is 0. The summed E-state index contributed by atoms with van der Waals surface area (Å²) in [7, 11) is 1.56. The van der Waals surface area contributed by atoms with Crippen molar-refractivity contribution >= 4 is 8.05 Å². The van der Waals surface area contributed by atoms with E-state index < -0.39 is 0 Å². The molecule has 36 valence electrons. The molecule has 0 aromatic carbocycles. The number of hydrogen-bond acceptors (Lipinski definition) is 2. The number of aliphatic hydroxyl groups excluding tert-OH is 1. The minimum atomic E-state index is -0.324. The lowest BCUT2D eigenvalue weighted by molar-refractivity contribution is 0.128. The smallest absolute Gasteiger partial charge is 0.257 e. The van der Waals surface area contributed by atoms with Gasteiger partial charge in [-0.1, -0.05) is 0 Å². The topological polar surface area (TPSA) is 29.5 Å². The van der Waals surface area contributed by atoms with Crippen LogP contribution in [-0.4, -0.2) is 25.9 Å². The summed E-state index contributed by atoms with van der Waals surface area (Å²) in [6.07, 6.45) is -0.324. The van der Waals surface area contributed by atoms with Crippen molar-refractivity contribution in [2.24, 2.45) is 0 Å². The minimum Gasteiger partial charge on any atom is -0.441 e. The summed E-state index contributed by atoms with van der Waals surface area (Å²) in [5.41, 5.74) is 0. The Kier molecular flexibility index (Phi) is 3.18. The van der Waals surface area contributed by atoms with Gasteiger partial charge < -0.3 is 9.76 Å². The van der Waals surface area contributed by atoms with E-state index in [2.05, 4.69) is 4.65 Å². The van der Waals surface area contributed by atoms with Crippen LogP contribution in [0.25, 0.3) is 0 Å². The fourth-order valence-corrected chi connectivity index (χ4v) is 0.241. The van der Waals surface area contributed by atoms with Gasteiger partial charge in [0.25, 0.3) is 8.05 Å². The van der Waals surface area contributed by atoms with E-state index in [-0.39, 0.29) is 6.10 Å². The molecular weight excluding hydrogens is 78.8 g/mol. The summed E-state index contributed by atoms with van der Waals surface area (Å²) < 4.78 is 4.55. The molecule has 2 nitrogen and oxygen atoms in total. The molecule has 1 unspecified atom stereocenters. The zero-order valence-corrected chi connectivity index (χ0v) is 4.14. The zero-order valence-electron chi connectivity index (χ0n) is 4.14. The SMILES string of the molecule is BOCC(C)O. The molecule has 0 bridgehead atoms. The van der Waals surface area contributed by atoms with E-state index >= 15 is 0 Å². The van der Waals surface area contributed by atoms with Gasteiger partial charge in [-0.05, 0) is 6.92 Å². The molecule has 0 rings (SSSR count). The highest BCUT2D eigenvalue weighted by atomic mass is 16.4. The van der Waals surface area contributed by atoms with E-state index in [0.29, 0.717) is 6.61 Å². The van der Waals surface area contributed by atoms with Crippen LogP contribution in [0.2, 0.25) is 0 Å². The van der Waals surface area contributed by atoms with Gasteiger partial charge in [-0.2, -0.15) is 0 Å². The van der Waals surface area contributed by atoms with Crippen LogP contribution in [-0.2, 0) is 4.65 Å². The molecule has 0 fully saturated rings. The maximum atomic E-state index is 8.43. The minimum absolute atomic E-state index is 0.324. The third-order valence-electron chi connectivity index (χ3n) is 0.408. The molecule has 1 atom stereocenters. The van der Waals surface area contributed by atoms with Crippen LogP contribution < -0.4 is 0 Å². The average molecular weight is 87.9 g/mol. The Labute approximate surface area is 38.6 Å². The van der Waals surface area contributed by atoms with Crippen LogP contribution in [0.5, 0.6) is 0 Å². The molecule has 1 N–H and O–H groups in total. The van der Waals surface area contributed by atoms with Gasteiger partial charge in [0.1, 0.15) is 0 Å². The van der Waals surface area contributed by atoms with Crippen LogP contribution >= 0.6 is 0 Å². The van der Waals surface area contributed by atoms with Gasteiger partial charge in [-0.15, -0.1) is 0 Å². The van der Waals surface area contributed by atoms with Gasteiger partial charge in [-0.3, -0.25) is 0 Å². The zero-order chi connectivity index (χ0) is 4.99. The first kappa shape index (κ1) is 5.98. The monoisotopic (exact) mass is 88.1 g/mol. The molecule has 3 heteroatoms. The quantitative estimate of drug-likeness (QED) is 0.435. The fourth-order valence-electron chi connectivity index (χ4n) is 0.241. The van der Waals surface area contributed by atoms with Crippen LogP contribution in [0.3, 0.4) is 0 Å². The maximum absolute atomic E-state index is 8.43. The van der Waals surface area contributed by atoms with Crippen LogP contribution in [0, 0.1) is 0 Å².